The van der Waals surface area contributed by atoms with E-state index in [1.807, 2.05) is 37.1 Å². The number of piperidine rings is 1. The van der Waals surface area contributed by atoms with Crippen molar-refractivity contribution in [3.63, 3.8) is 0 Å². The van der Waals surface area contributed by atoms with Gasteiger partial charge in [0.15, 0.2) is 5.78 Å². The van der Waals surface area contributed by atoms with Crippen LogP contribution in [0.25, 0.3) is 0 Å². The van der Waals surface area contributed by atoms with E-state index in [-0.39, 0.29) is 23.7 Å². The van der Waals surface area contributed by atoms with Gasteiger partial charge in [-0.1, -0.05) is 23.8 Å². The SMILES string of the molecule is CON1CCC(C2NC(=O)C(c3cc(C)ccc3C)C2=O)CC1. The smallest absolute Gasteiger partial charge is 0.235 e. The molecular formula is C18H24N2O3. The Morgan fingerprint density at radius 2 is 1.87 bits per heavy atom. The maximum absolute atomic E-state index is 12.9. The minimum atomic E-state index is -0.652. The number of carbonyl (C=O) groups excluding carboxylic acids is 2. The van der Waals surface area contributed by atoms with Crippen LogP contribution in [0.1, 0.15) is 35.4 Å². The zero-order valence-corrected chi connectivity index (χ0v) is 14.0. The largest absolute Gasteiger partial charge is 0.345 e. The third-order valence-corrected chi connectivity index (χ3v) is 5.12. The fourth-order valence-corrected chi connectivity index (χ4v) is 3.72. The molecule has 0 aromatic heterocycles. The molecule has 5 nitrogen and oxygen atoms in total. The van der Waals surface area contributed by atoms with Crippen molar-refractivity contribution in [2.75, 3.05) is 20.2 Å². The van der Waals surface area contributed by atoms with Crippen LogP contribution in [0.15, 0.2) is 18.2 Å². The molecule has 2 atom stereocenters. The Bertz CT molecular complexity index is 621. The van der Waals surface area contributed by atoms with E-state index in [4.69, 9.17) is 4.84 Å². The molecule has 1 aromatic rings. The minimum Gasteiger partial charge on any atom is -0.345 e. The van der Waals surface area contributed by atoms with Crippen molar-refractivity contribution >= 4 is 11.7 Å². The molecule has 1 aromatic carbocycles. The molecule has 0 aliphatic carbocycles. The van der Waals surface area contributed by atoms with Gasteiger partial charge in [-0.15, -0.1) is 0 Å². The van der Waals surface area contributed by atoms with Crippen LogP contribution in [0.2, 0.25) is 0 Å². The minimum absolute atomic E-state index is 0.0274. The average molecular weight is 316 g/mol. The lowest BCUT2D eigenvalue weighted by molar-refractivity contribution is -0.150. The molecule has 2 fully saturated rings. The Hall–Kier alpha value is -1.72. The first-order valence-electron chi connectivity index (χ1n) is 8.21. The van der Waals surface area contributed by atoms with Crippen molar-refractivity contribution in [3.05, 3.63) is 34.9 Å². The van der Waals surface area contributed by atoms with E-state index >= 15 is 0 Å². The van der Waals surface area contributed by atoms with Crippen LogP contribution in [0, 0.1) is 19.8 Å². The summed E-state index contributed by atoms with van der Waals surface area (Å²) in [7, 11) is 1.67. The van der Waals surface area contributed by atoms with Gasteiger partial charge in [0.25, 0.3) is 0 Å². The van der Waals surface area contributed by atoms with Crippen LogP contribution in [0.3, 0.4) is 0 Å². The number of benzene rings is 1. The summed E-state index contributed by atoms with van der Waals surface area (Å²) in [5, 5.41) is 4.86. The predicted octanol–water partition coefficient (Wildman–Crippen LogP) is 1.73. The van der Waals surface area contributed by atoms with Crippen molar-refractivity contribution in [1.82, 2.24) is 10.4 Å². The maximum atomic E-state index is 12.9. The van der Waals surface area contributed by atoms with Gasteiger partial charge >= 0.3 is 0 Å². The van der Waals surface area contributed by atoms with Gasteiger partial charge in [0.2, 0.25) is 5.91 Å². The number of nitrogens with one attached hydrogen (secondary N) is 1. The number of rotatable bonds is 3. The van der Waals surface area contributed by atoms with Crippen molar-refractivity contribution in [2.45, 2.75) is 38.6 Å². The molecule has 2 heterocycles. The Balaban J connectivity index is 1.79. The van der Waals surface area contributed by atoms with Gasteiger partial charge in [-0.2, -0.15) is 5.06 Å². The molecule has 2 unspecified atom stereocenters. The second-order valence-electron chi connectivity index (χ2n) is 6.63. The molecule has 1 amide bonds. The molecule has 1 N–H and O–H groups in total. The number of nitrogens with zero attached hydrogens (tertiary/aromatic N) is 1. The van der Waals surface area contributed by atoms with E-state index in [0.717, 1.165) is 42.6 Å². The van der Waals surface area contributed by atoms with Gasteiger partial charge in [0.05, 0.1) is 13.2 Å². The number of aryl methyl sites for hydroxylation is 2. The van der Waals surface area contributed by atoms with E-state index in [2.05, 4.69) is 5.32 Å². The normalized spacial score (nSPS) is 26.6. The number of hydrogen-bond acceptors (Lipinski definition) is 4. The van der Waals surface area contributed by atoms with Crippen LogP contribution in [-0.4, -0.2) is 43.0 Å². The van der Waals surface area contributed by atoms with Gasteiger partial charge in [-0.05, 0) is 43.7 Å². The summed E-state index contributed by atoms with van der Waals surface area (Å²) >= 11 is 0. The maximum Gasteiger partial charge on any atom is 0.235 e. The van der Waals surface area contributed by atoms with Gasteiger partial charge in [0, 0.05) is 13.1 Å². The predicted molar refractivity (Wildman–Crippen MR) is 86.9 cm³/mol. The van der Waals surface area contributed by atoms with Crippen LogP contribution in [0.4, 0.5) is 0 Å². The highest BCUT2D eigenvalue weighted by molar-refractivity contribution is 6.15. The summed E-state index contributed by atoms with van der Waals surface area (Å²) in [6, 6.07) is 5.60. The van der Waals surface area contributed by atoms with Crippen LogP contribution < -0.4 is 5.32 Å². The van der Waals surface area contributed by atoms with E-state index in [1.54, 1.807) is 7.11 Å². The van der Waals surface area contributed by atoms with Gasteiger partial charge in [-0.3, -0.25) is 9.59 Å². The molecular weight excluding hydrogens is 292 g/mol. The Morgan fingerprint density at radius 3 is 2.52 bits per heavy atom. The first-order valence-corrected chi connectivity index (χ1v) is 8.21. The number of carbonyl (C=O) groups is 2. The Kier molecular flexibility index (Phi) is 4.50. The topological polar surface area (TPSA) is 58.6 Å². The molecule has 2 aliphatic heterocycles. The van der Waals surface area contributed by atoms with Crippen LogP contribution in [-0.2, 0) is 14.4 Å². The Labute approximate surface area is 136 Å². The summed E-state index contributed by atoms with van der Waals surface area (Å²) in [5.41, 5.74) is 2.92. The summed E-state index contributed by atoms with van der Waals surface area (Å²) in [4.78, 5) is 30.6. The van der Waals surface area contributed by atoms with Crippen molar-refractivity contribution in [2.24, 2.45) is 5.92 Å². The summed E-state index contributed by atoms with van der Waals surface area (Å²) in [5.74, 6) is -0.573. The fraction of sp³-hybridized carbons (Fsp3) is 0.556. The molecule has 0 saturated carbocycles. The molecule has 23 heavy (non-hydrogen) atoms. The average Bonchev–Trinajstić information content (AvgIpc) is 2.85. The van der Waals surface area contributed by atoms with Crippen LogP contribution >= 0.6 is 0 Å². The van der Waals surface area contributed by atoms with Crippen LogP contribution in [0.5, 0.6) is 0 Å². The molecule has 0 radical (unpaired) electrons. The number of ketones is 1. The first-order chi connectivity index (χ1) is 11.0. The second kappa shape index (κ2) is 6.42. The van der Waals surface area contributed by atoms with Gasteiger partial charge < -0.3 is 10.2 Å². The van der Waals surface area contributed by atoms with Gasteiger partial charge in [0.1, 0.15) is 5.92 Å². The Morgan fingerprint density at radius 1 is 1.17 bits per heavy atom. The highest BCUT2D eigenvalue weighted by Gasteiger charge is 2.46. The number of hydrogen-bond donors (Lipinski definition) is 1. The number of Topliss-reactive ketones (excluding diaryl/α,β-unsaturated/α-hetero) is 1. The lowest BCUT2D eigenvalue weighted by atomic mass is 9.83. The molecule has 5 heteroatoms. The van der Waals surface area contributed by atoms with Gasteiger partial charge in [-0.25, -0.2) is 0 Å². The van der Waals surface area contributed by atoms with E-state index in [1.165, 1.54) is 0 Å². The van der Waals surface area contributed by atoms with E-state index < -0.39 is 5.92 Å². The van der Waals surface area contributed by atoms with E-state index in [9.17, 15) is 9.59 Å². The molecule has 2 saturated heterocycles. The van der Waals surface area contributed by atoms with Crippen molar-refractivity contribution in [1.29, 1.82) is 0 Å². The zero-order chi connectivity index (χ0) is 16.6. The third kappa shape index (κ3) is 3.03. The molecule has 2 aliphatic rings. The molecule has 0 spiro atoms. The zero-order valence-electron chi connectivity index (χ0n) is 14.0. The molecule has 3 rings (SSSR count). The molecule has 124 valence electrons. The summed E-state index contributed by atoms with van der Waals surface area (Å²) in [6.45, 7) is 5.54. The van der Waals surface area contributed by atoms with Crippen molar-refractivity contribution in [3.8, 4) is 0 Å². The van der Waals surface area contributed by atoms with Crippen molar-refractivity contribution < 1.29 is 14.4 Å². The summed E-state index contributed by atoms with van der Waals surface area (Å²) in [6.07, 6.45) is 1.73. The monoisotopic (exact) mass is 316 g/mol. The summed E-state index contributed by atoms with van der Waals surface area (Å²) < 4.78 is 0. The highest BCUT2D eigenvalue weighted by atomic mass is 16.7. The third-order valence-electron chi connectivity index (χ3n) is 5.12. The second-order valence-corrected chi connectivity index (χ2v) is 6.63. The first kappa shape index (κ1) is 16.1. The standard InChI is InChI=1S/C18H24N2O3/c1-11-4-5-12(2)14(10-11)15-17(21)16(19-18(15)22)13-6-8-20(23-3)9-7-13/h4-5,10,13,15-16H,6-9H2,1-3H3,(H,19,22). The molecule has 0 bridgehead atoms. The van der Waals surface area contributed by atoms with E-state index in [0.29, 0.717) is 0 Å². The lowest BCUT2D eigenvalue weighted by Crippen LogP contribution is -2.43. The number of amides is 1. The quantitative estimate of drug-likeness (QED) is 0.863. The highest BCUT2D eigenvalue weighted by Crippen LogP contribution is 2.32. The number of hydroxylamine groups is 2. The lowest BCUT2D eigenvalue weighted by Gasteiger charge is -2.32. The fourth-order valence-electron chi connectivity index (χ4n) is 3.72.